The maximum absolute atomic E-state index is 12.1. The SMILES string of the molecule is COCOc1cc(Br)c(OC(F)(F)F)cc1C=O. The molecule has 0 spiro atoms. The Balaban J connectivity index is 3.06. The molecule has 0 N–H and O–H groups in total. The van der Waals surface area contributed by atoms with Crippen molar-refractivity contribution >= 4 is 22.2 Å². The minimum absolute atomic E-state index is 0.0107. The molecule has 1 aromatic rings. The lowest BCUT2D eigenvalue weighted by molar-refractivity contribution is -0.274. The van der Waals surface area contributed by atoms with E-state index in [0.29, 0.717) is 6.29 Å². The predicted octanol–water partition coefficient (Wildman–Crippen LogP) is 3.14. The van der Waals surface area contributed by atoms with Gasteiger partial charge in [0.25, 0.3) is 0 Å². The zero-order valence-electron chi connectivity index (χ0n) is 9.08. The topological polar surface area (TPSA) is 44.8 Å². The minimum atomic E-state index is -4.84. The van der Waals surface area contributed by atoms with Gasteiger partial charge in [-0.3, -0.25) is 4.79 Å². The van der Waals surface area contributed by atoms with Crippen LogP contribution in [0.1, 0.15) is 10.4 Å². The van der Waals surface area contributed by atoms with Crippen molar-refractivity contribution in [2.75, 3.05) is 13.9 Å². The average Bonchev–Trinajstić information content (AvgIpc) is 2.27. The summed E-state index contributed by atoms with van der Waals surface area (Å²) in [5.41, 5.74) is -0.0745. The quantitative estimate of drug-likeness (QED) is 0.615. The standard InChI is InChI=1S/C10H8BrF3O4/c1-16-5-17-8-3-7(11)9(2-6(8)4-15)18-10(12,13)14/h2-4H,5H2,1H3. The summed E-state index contributed by atoms with van der Waals surface area (Å²) in [5, 5.41) is 0. The highest BCUT2D eigenvalue weighted by atomic mass is 79.9. The Bertz CT molecular complexity index is 434. The maximum atomic E-state index is 12.1. The molecule has 1 aromatic carbocycles. The van der Waals surface area contributed by atoms with Crippen molar-refractivity contribution in [2.24, 2.45) is 0 Å². The molecule has 0 heterocycles. The number of hydrogen-bond acceptors (Lipinski definition) is 4. The Kier molecular flexibility index (Phi) is 4.97. The summed E-state index contributed by atoms with van der Waals surface area (Å²) >= 11 is 2.89. The third kappa shape index (κ3) is 4.19. The molecule has 0 saturated heterocycles. The third-order valence-electron chi connectivity index (χ3n) is 1.75. The Morgan fingerprint density at radius 3 is 2.50 bits per heavy atom. The van der Waals surface area contributed by atoms with Gasteiger partial charge < -0.3 is 14.2 Å². The molecule has 0 aromatic heterocycles. The number of benzene rings is 1. The summed E-state index contributed by atoms with van der Waals surface area (Å²) in [5.74, 6) is -0.428. The van der Waals surface area contributed by atoms with Crippen LogP contribution in [0, 0.1) is 0 Å². The molecule has 0 fully saturated rings. The van der Waals surface area contributed by atoms with Gasteiger partial charge in [-0.05, 0) is 28.1 Å². The lowest BCUT2D eigenvalue weighted by atomic mass is 10.2. The molecule has 0 aliphatic heterocycles. The smallest absolute Gasteiger partial charge is 0.467 e. The Morgan fingerprint density at radius 1 is 1.33 bits per heavy atom. The Morgan fingerprint density at radius 2 is 2.00 bits per heavy atom. The highest BCUT2D eigenvalue weighted by molar-refractivity contribution is 9.10. The van der Waals surface area contributed by atoms with E-state index in [1.165, 1.54) is 13.2 Å². The summed E-state index contributed by atoms with van der Waals surface area (Å²) < 4.78 is 49.6. The first kappa shape index (κ1) is 14.8. The van der Waals surface area contributed by atoms with E-state index in [1.54, 1.807) is 0 Å². The van der Waals surface area contributed by atoms with Gasteiger partial charge in [-0.15, -0.1) is 13.2 Å². The van der Waals surface area contributed by atoms with E-state index < -0.39 is 12.1 Å². The monoisotopic (exact) mass is 328 g/mol. The van der Waals surface area contributed by atoms with Gasteiger partial charge in [0, 0.05) is 7.11 Å². The summed E-state index contributed by atoms with van der Waals surface area (Å²) in [7, 11) is 1.37. The molecule has 0 unspecified atom stereocenters. The largest absolute Gasteiger partial charge is 0.573 e. The van der Waals surface area contributed by atoms with Crippen LogP contribution in [0.4, 0.5) is 13.2 Å². The fraction of sp³-hybridized carbons (Fsp3) is 0.300. The highest BCUT2D eigenvalue weighted by Gasteiger charge is 2.32. The summed E-state index contributed by atoms with van der Waals surface area (Å²) in [6.45, 7) is -0.132. The van der Waals surface area contributed by atoms with Crippen LogP contribution in [-0.2, 0) is 4.74 Å². The second-order valence-corrected chi connectivity index (χ2v) is 3.89. The number of hydrogen-bond donors (Lipinski definition) is 0. The number of alkyl halides is 3. The number of carbonyl (C=O) groups excluding carboxylic acids is 1. The molecule has 4 nitrogen and oxygen atoms in total. The minimum Gasteiger partial charge on any atom is -0.467 e. The van der Waals surface area contributed by atoms with Crippen LogP contribution in [0.25, 0.3) is 0 Å². The number of aldehydes is 1. The first-order valence-corrected chi connectivity index (χ1v) is 5.33. The third-order valence-corrected chi connectivity index (χ3v) is 2.37. The first-order valence-electron chi connectivity index (χ1n) is 4.53. The van der Waals surface area contributed by atoms with E-state index in [-0.39, 0.29) is 22.6 Å². The molecule has 0 saturated carbocycles. The fourth-order valence-corrected chi connectivity index (χ4v) is 1.50. The van der Waals surface area contributed by atoms with Crippen LogP contribution in [-0.4, -0.2) is 26.6 Å². The second-order valence-electron chi connectivity index (χ2n) is 3.04. The Hall–Kier alpha value is -1.28. The van der Waals surface area contributed by atoms with Crippen LogP contribution < -0.4 is 9.47 Å². The maximum Gasteiger partial charge on any atom is 0.573 e. The molecule has 0 bridgehead atoms. The van der Waals surface area contributed by atoms with Gasteiger partial charge in [0.1, 0.15) is 11.5 Å². The van der Waals surface area contributed by atoms with Gasteiger partial charge in [0.05, 0.1) is 10.0 Å². The number of carbonyl (C=O) groups is 1. The molecule has 18 heavy (non-hydrogen) atoms. The van der Waals surface area contributed by atoms with Crippen molar-refractivity contribution in [2.45, 2.75) is 6.36 Å². The van der Waals surface area contributed by atoms with Gasteiger partial charge in [0.15, 0.2) is 13.1 Å². The van der Waals surface area contributed by atoms with Crippen LogP contribution in [0.15, 0.2) is 16.6 Å². The van der Waals surface area contributed by atoms with E-state index in [9.17, 15) is 18.0 Å². The molecule has 0 radical (unpaired) electrons. The molecule has 8 heteroatoms. The van der Waals surface area contributed by atoms with E-state index >= 15 is 0 Å². The van der Waals surface area contributed by atoms with Crippen LogP contribution in [0.5, 0.6) is 11.5 Å². The first-order chi connectivity index (χ1) is 8.37. The molecule has 0 amide bonds. The zero-order chi connectivity index (χ0) is 13.8. The van der Waals surface area contributed by atoms with Gasteiger partial charge in [-0.1, -0.05) is 0 Å². The van der Waals surface area contributed by atoms with E-state index in [4.69, 9.17) is 4.74 Å². The molecule has 0 aliphatic carbocycles. The van der Waals surface area contributed by atoms with E-state index in [1.807, 2.05) is 0 Å². The zero-order valence-corrected chi connectivity index (χ0v) is 10.7. The van der Waals surface area contributed by atoms with Crippen LogP contribution in [0.2, 0.25) is 0 Å². The average molecular weight is 329 g/mol. The number of rotatable bonds is 5. The molecule has 100 valence electrons. The van der Waals surface area contributed by atoms with Crippen LogP contribution >= 0.6 is 15.9 Å². The highest BCUT2D eigenvalue weighted by Crippen LogP contribution is 2.35. The number of methoxy groups -OCH3 is 1. The molecular formula is C10H8BrF3O4. The predicted molar refractivity (Wildman–Crippen MR) is 58.7 cm³/mol. The van der Waals surface area contributed by atoms with Crippen molar-refractivity contribution in [3.05, 3.63) is 22.2 Å². The lowest BCUT2D eigenvalue weighted by Crippen LogP contribution is -2.17. The second kappa shape index (κ2) is 6.05. The molecular weight excluding hydrogens is 321 g/mol. The van der Waals surface area contributed by atoms with Gasteiger partial charge in [-0.25, -0.2) is 0 Å². The van der Waals surface area contributed by atoms with Crippen molar-refractivity contribution in [1.82, 2.24) is 0 Å². The number of halogens is 4. The van der Waals surface area contributed by atoms with Crippen LogP contribution in [0.3, 0.4) is 0 Å². The van der Waals surface area contributed by atoms with Crippen molar-refractivity contribution < 1.29 is 32.2 Å². The van der Waals surface area contributed by atoms with Gasteiger partial charge in [0.2, 0.25) is 0 Å². The van der Waals surface area contributed by atoms with Crippen molar-refractivity contribution in [3.8, 4) is 11.5 Å². The van der Waals surface area contributed by atoms with Gasteiger partial charge in [-0.2, -0.15) is 0 Å². The summed E-state index contributed by atoms with van der Waals surface area (Å²) in [4.78, 5) is 10.7. The number of ether oxygens (including phenoxy) is 3. The molecule has 0 atom stereocenters. The summed E-state index contributed by atoms with van der Waals surface area (Å²) in [6.07, 6.45) is -4.47. The van der Waals surface area contributed by atoms with E-state index in [0.717, 1.165) is 6.07 Å². The lowest BCUT2D eigenvalue weighted by Gasteiger charge is -2.13. The molecule has 0 aliphatic rings. The van der Waals surface area contributed by atoms with Gasteiger partial charge >= 0.3 is 6.36 Å². The van der Waals surface area contributed by atoms with Crippen molar-refractivity contribution in [3.63, 3.8) is 0 Å². The van der Waals surface area contributed by atoms with Crippen molar-refractivity contribution in [1.29, 1.82) is 0 Å². The van der Waals surface area contributed by atoms with E-state index in [2.05, 4.69) is 25.4 Å². The molecule has 1 rings (SSSR count). The Labute approximate surface area is 109 Å². The summed E-state index contributed by atoms with van der Waals surface area (Å²) in [6, 6.07) is 2.12. The fourth-order valence-electron chi connectivity index (χ4n) is 1.09. The normalized spacial score (nSPS) is 11.2.